The van der Waals surface area contributed by atoms with Gasteiger partial charge >= 0.3 is 0 Å². The molecule has 234 valence electrons. The molecule has 4 N–H and O–H groups in total. The van der Waals surface area contributed by atoms with Crippen LogP contribution < -0.4 is 5.32 Å². The highest BCUT2D eigenvalue weighted by atomic mass is 32.2. The number of rotatable bonds is 27. The van der Waals surface area contributed by atoms with Crippen molar-refractivity contribution >= 4 is 16.0 Å². The molecule has 0 radical (unpaired) electrons. The molecular formula is C32H59NO6S. The first-order valence-electron chi connectivity index (χ1n) is 15.8. The largest absolute Gasteiger partial charge is 0.387 e. The zero-order valence-corrected chi connectivity index (χ0v) is 26.1. The van der Waals surface area contributed by atoms with E-state index < -0.39 is 40.0 Å². The van der Waals surface area contributed by atoms with Crippen molar-refractivity contribution in [1.82, 2.24) is 5.32 Å². The average Bonchev–Trinajstić information content (AvgIpc) is 2.90. The summed E-state index contributed by atoms with van der Waals surface area (Å²) in [5.74, 6) is -1.57. The summed E-state index contributed by atoms with van der Waals surface area (Å²) in [6, 6.07) is -1.25. The molecule has 0 aliphatic carbocycles. The number of hydrogen-bond acceptors (Lipinski definition) is 5. The minimum Gasteiger partial charge on any atom is -0.387 e. The van der Waals surface area contributed by atoms with Crippen LogP contribution in [0.3, 0.4) is 0 Å². The monoisotopic (exact) mass is 585 g/mol. The van der Waals surface area contributed by atoms with Gasteiger partial charge in [-0.15, -0.1) is 0 Å². The number of aliphatic hydroxyl groups is 2. The maximum atomic E-state index is 12.4. The Morgan fingerprint density at radius 3 is 1.62 bits per heavy atom. The SMILES string of the molecule is CC/C=C/CC/C=C/CC/C=C/C(O)C(CS(=O)(=O)O)NC(=O)C(O)CCCCCCCCCCCCCCC. The van der Waals surface area contributed by atoms with Gasteiger partial charge in [0.2, 0.25) is 5.91 Å². The topological polar surface area (TPSA) is 124 Å². The van der Waals surface area contributed by atoms with Gasteiger partial charge in [-0.2, -0.15) is 8.42 Å². The first-order valence-corrected chi connectivity index (χ1v) is 17.4. The van der Waals surface area contributed by atoms with Gasteiger partial charge in [0, 0.05) is 0 Å². The van der Waals surface area contributed by atoms with E-state index in [1.807, 2.05) is 0 Å². The zero-order valence-electron chi connectivity index (χ0n) is 25.3. The Bertz CT molecular complexity index is 793. The fourth-order valence-electron chi connectivity index (χ4n) is 4.49. The number of amides is 1. The molecule has 40 heavy (non-hydrogen) atoms. The van der Waals surface area contributed by atoms with E-state index in [1.165, 1.54) is 63.9 Å². The predicted molar refractivity (Wildman–Crippen MR) is 167 cm³/mol. The molecule has 1 amide bonds. The fourth-order valence-corrected chi connectivity index (χ4v) is 5.23. The highest BCUT2D eigenvalue weighted by molar-refractivity contribution is 7.85. The summed E-state index contributed by atoms with van der Waals surface area (Å²) in [6.07, 6.45) is 29.3. The van der Waals surface area contributed by atoms with Crippen molar-refractivity contribution in [2.75, 3.05) is 5.75 Å². The van der Waals surface area contributed by atoms with Crippen LogP contribution in [0.25, 0.3) is 0 Å². The van der Waals surface area contributed by atoms with Crippen LogP contribution in [0.1, 0.15) is 136 Å². The van der Waals surface area contributed by atoms with Crippen LogP contribution in [0.5, 0.6) is 0 Å². The van der Waals surface area contributed by atoms with Crippen molar-refractivity contribution in [3.05, 3.63) is 36.5 Å². The molecule has 0 fully saturated rings. The Kier molecular flexibility index (Phi) is 25.4. The van der Waals surface area contributed by atoms with Crippen LogP contribution in [-0.2, 0) is 14.9 Å². The number of hydrogen-bond donors (Lipinski definition) is 4. The van der Waals surface area contributed by atoms with Crippen LogP contribution >= 0.6 is 0 Å². The highest BCUT2D eigenvalue weighted by Gasteiger charge is 2.27. The Hall–Kier alpha value is -1.48. The van der Waals surface area contributed by atoms with Crippen LogP contribution in [0.4, 0.5) is 0 Å². The lowest BCUT2D eigenvalue weighted by Crippen LogP contribution is -2.50. The molecule has 0 aromatic carbocycles. The molecule has 0 aliphatic heterocycles. The minimum atomic E-state index is -4.44. The highest BCUT2D eigenvalue weighted by Crippen LogP contribution is 2.14. The van der Waals surface area contributed by atoms with Gasteiger partial charge in [0.15, 0.2) is 0 Å². The van der Waals surface area contributed by atoms with E-state index in [2.05, 4.69) is 43.5 Å². The van der Waals surface area contributed by atoms with Gasteiger partial charge in [-0.3, -0.25) is 9.35 Å². The Morgan fingerprint density at radius 1 is 0.700 bits per heavy atom. The maximum Gasteiger partial charge on any atom is 0.267 e. The lowest BCUT2D eigenvalue weighted by Gasteiger charge is -2.22. The number of carbonyl (C=O) groups excluding carboxylic acids is 1. The summed E-state index contributed by atoms with van der Waals surface area (Å²) in [5, 5.41) is 23.1. The molecule has 0 spiro atoms. The zero-order chi connectivity index (χ0) is 29.9. The standard InChI is InChI=1S/C32H59NO6S/c1-3-5-7-9-11-13-15-16-17-19-21-23-25-27-31(35)32(36)33-29(28-40(37,38)39)30(34)26-24-22-20-18-14-12-10-8-6-4-2/h6,8,14,18,24,26,29-31,34-35H,3-5,7,9-13,15-17,19-23,25,27-28H2,1-2H3,(H,33,36)(H,37,38,39)/b8-6+,18-14+,26-24+. The summed E-state index contributed by atoms with van der Waals surface area (Å²) < 4.78 is 32.2. The summed E-state index contributed by atoms with van der Waals surface area (Å²) in [4.78, 5) is 12.4. The van der Waals surface area contributed by atoms with Crippen molar-refractivity contribution in [3.8, 4) is 0 Å². The smallest absolute Gasteiger partial charge is 0.267 e. The van der Waals surface area contributed by atoms with Crippen molar-refractivity contribution < 1.29 is 28.0 Å². The third-order valence-electron chi connectivity index (χ3n) is 6.92. The van der Waals surface area contributed by atoms with Crippen LogP contribution in [0.2, 0.25) is 0 Å². The molecule has 0 rings (SSSR count). The van der Waals surface area contributed by atoms with E-state index in [0.29, 0.717) is 12.8 Å². The molecule has 0 aromatic heterocycles. The minimum absolute atomic E-state index is 0.273. The van der Waals surface area contributed by atoms with Gasteiger partial charge in [0.1, 0.15) is 6.10 Å². The normalized spacial score (nSPS) is 14.8. The Labute approximate surface area is 245 Å². The molecule has 8 heteroatoms. The van der Waals surface area contributed by atoms with E-state index in [1.54, 1.807) is 6.08 Å². The van der Waals surface area contributed by atoms with Gasteiger partial charge in [-0.25, -0.2) is 0 Å². The summed E-state index contributed by atoms with van der Waals surface area (Å²) in [6.45, 7) is 4.34. The number of carbonyl (C=O) groups is 1. The van der Waals surface area contributed by atoms with Crippen molar-refractivity contribution in [2.45, 2.75) is 154 Å². The predicted octanol–water partition coefficient (Wildman–Crippen LogP) is 7.20. The molecule has 0 bridgehead atoms. The van der Waals surface area contributed by atoms with E-state index in [0.717, 1.165) is 44.9 Å². The first kappa shape index (κ1) is 38.5. The molecular weight excluding hydrogens is 526 g/mol. The third kappa shape index (κ3) is 25.5. The lowest BCUT2D eigenvalue weighted by atomic mass is 10.0. The first-order chi connectivity index (χ1) is 19.2. The average molecular weight is 586 g/mol. The lowest BCUT2D eigenvalue weighted by molar-refractivity contribution is -0.130. The molecule has 0 aliphatic rings. The molecule has 0 aromatic rings. The van der Waals surface area contributed by atoms with Crippen molar-refractivity contribution in [3.63, 3.8) is 0 Å². The van der Waals surface area contributed by atoms with Gasteiger partial charge in [0.05, 0.1) is 17.9 Å². The second-order valence-corrected chi connectivity index (χ2v) is 12.3. The van der Waals surface area contributed by atoms with Gasteiger partial charge in [0.25, 0.3) is 10.1 Å². The van der Waals surface area contributed by atoms with Crippen molar-refractivity contribution in [1.29, 1.82) is 0 Å². The number of aliphatic hydroxyl groups excluding tert-OH is 2. The van der Waals surface area contributed by atoms with E-state index >= 15 is 0 Å². The third-order valence-corrected chi connectivity index (χ3v) is 7.70. The van der Waals surface area contributed by atoms with E-state index in [-0.39, 0.29) is 6.42 Å². The van der Waals surface area contributed by atoms with Gasteiger partial charge in [-0.05, 0) is 38.5 Å². The van der Waals surface area contributed by atoms with Gasteiger partial charge < -0.3 is 15.5 Å². The summed E-state index contributed by atoms with van der Waals surface area (Å²) in [7, 11) is -4.44. The van der Waals surface area contributed by atoms with Crippen LogP contribution in [0.15, 0.2) is 36.5 Å². The maximum absolute atomic E-state index is 12.4. The van der Waals surface area contributed by atoms with E-state index in [9.17, 15) is 28.0 Å². The molecule has 0 heterocycles. The second kappa shape index (κ2) is 26.4. The quantitative estimate of drug-likeness (QED) is 0.0459. The number of allylic oxidation sites excluding steroid dienone is 5. The van der Waals surface area contributed by atoms with Crippen LogP contribution in [-0.4, -0.2) is 53.1 Å². The molecule has 0 saturated carbocycles. The molecule has 0 saturated heterocycles. The fraction of sp³-hybridized carbons (Fsp3) is 0.781. The molecule has 3 unspecified atom stereocenters. The summed E-state index contributed by atoms with van der Waals surface area (Å²) >= 11 is 0. The van der Waals surface area contributed by atoms with E-state index in [4.69, 9.17) is 0 Å². The van der Waals surface area contributed by atoms with Crippen LogP contribution in [0, 0.1) is 0 Å². The Balaban J connectivity index is 4.25. The van der Waals surface area contributed by atoms with Gasteiger partial charge in [-0.1, -0.05) is 134 Å². The molecule has 3 atom stereocenters. The summed E-state index contributed by atoms with van der Waals surface area (Å²) in [5.41, 5.74) is 0. The second-order valence-electron chi connectivity index (χ2n) is 10.8. The Morgan fingerprint density at radius 2 is 1.15 bits per heavy atom. The van der Waals surface area contributed by atoms with Crippen molar-refractivity contribution in [2.24, 2.45) is 0 Å². The number of nitrogens with one attached hydrogen (secondary N) is 1. The number of unbranched alkanes of at least 4 members (excludes halogenated alkanes) is 14. The molecule has 7 nitrogen and oxygen atoms in total.